The van der Waals surface area contributed by atoms with Gasteiger partial charge in [-0.2, -0.15) is 11.8 Å². The molecule has 0 radical (unpaired) electrons. The van der Waals surface area contributed by atoms with E-state index in [9.17, 15) is 8.78 Å². The Balaban J connectivity index is 2.98. The predicted octanol–water partition coefficient (Wildman–Crippen LogP) is 2.92. The quantitative estimate of drug-likeness (QED) is 0.631. The van der Waals surface area contributed by atoms with E-state index < -0.39 is 17.7 Å². The van der Waals surface area contributed by atoms with Gasteiger partial charge in [-0.3, -0.25) is 11.3 Å². The summed E-state index contributed by atoms with van der Waals surface area (Å²) in [4.78, 5) is 0. The van der Waals surface area contributed by atoms with Gasteiger partial charge in [0.1, 0.15) is 11.6 Å². The zero-order chi connectivity index (χ0) is 13.0. The van der Waals surface area contributed by atoms with Gasteiger partial charge in [-0.1, -0.05) is 19.9 Å². The number of rotatable bonds is 5. The van der Waals surface area contributed by atoms with Crippen molar-refractivity contribution in [3.63, 3.8) is 0 Å². The van der Waals surface area contributed by atoms with E-state index in [2.05, 4.69) is 5.43 Å². The van der Waals surface area contributed by atoms with Crippen molar-refractivity contribution in [2.75, 3.05) is 5.75 Å². The van der Waals surface area contributed by atoms with E-state index in [0.717, 1.165) is 0 Å². The lowest BCUT2D eigenvalue weighted by Crippen LogP contribution is -2.31. The van der Waals surface area contributed by atoms with Gasteiger partial charge in [0.25, 0.3) is 0 Å². The molecule has 1 atom stereocenters. The fraction of sp³-hybridized carbons (Fsp3) is 0.500. The molecule has 0 aliphatic heterocycles. The minimum absolute atomic E-state index is 0.0284. The molecule has 1 rings (SSSR count). The maximum absolute atomic E-state index is 13.9. The third-order valence-corrected chi connectivity index (χ3v) is 3.66. The molecule has 0 aliphatic carbocycles. The van der Waals surface area contributed by atoms with Crippen LogP contribution in [0.2, 0.25) is 0 Å². The molecule has 0 spiro atoms. The van der Waals surface area contributed by atoms with Crippen LogP contribution in [0.25, 0.3) is 0 Å². The average Bonchev–Trinajstić information content (AvgIpc) is 2.28. The molecule has 2 nitrogen and oxygen atoms in total. The van der Waals surface area contributed by atoms with Crippen LogP contribution in [0.5, 0.6) is 0 Å². The van der Waals surface area contributed by atoms with E-state index in [4.69, 9.17) is 5.84 Å². The van der Waals surface area contributed by atoms with Crippen molar-refractivity contribution in [3.05, 3.63) is 34.9 Å². The van der Waals surface area contributed by atoms with Gasteiger partial charge in [-0.15, -0.1) is 0 Å². The van der Waals surface area contributed by atoms with E-state index in [-0.39, 0.29) is 5.56 Å². The third-order valence-electron chi connectivity index (χ3n) is 2.47. The van der Waals surface area contributed by atoms with Gasteiger partial charge in [0.15, 0.2) is 0 Å². The topological polar surface area (TPSA) is 38.0 Å². The van der Waals surface area contributed by atoms with E-state index >= 15 is 0 Å². The highest BCUT2D eigenvalue weighted by Gasteiger charge is 2.20. The highest BCUT2D eigenvalue weighted by molar-refractivity contribution is 7.99. The molecule has 96 valence electrons. The number of hydrogen-bond acceptors (Lipinski definition) is 3. The van der Waals surface area contributed by atoms with Crippen LogP contribution in [0.15, 0.2) is 12.1 Å². The van der Waals surface area contributed by atoms with Crippen LogP contribution in [0.3, 0.4) is 0 Å². The van der Waals surface area contributed by atoms with Crippen LogP contribution in [0.4, 0.5) is 8.78 Å². The van der Waals surface area contributed by atoms with E-state index in [1.165, 1.54) is 12.1 Å². The molecule has 1 aromatic rings. The average molecular weight is 260 g/mol. The molecule has 1 aromatic carbocycles. The molecule has 0 aliphatic rings. The molecule has 3 N–H and O–H groups in total. The number of nitrogens with two attached hydrogens (primary N) is 1. The van der Waals surface area contributed by atoms with Crippen molar-refractivity contribution >= 4 is 11.8 Å². The molecular weight excluding hydrogens is 242 g/mol. The summed E-state index contributed by atoms with van der Waals surface area (Å²) in [5.41, 5.74) is 2.94. The first kappa shape index (κ1) is 14.4. The van der Waals surface area contributed by atoms with E-state index in [1.807, 2.05) is 13.8 Å². The summed E-state index contributed by atoms with van der Waals surface area (Å²) in [7, 11) is 0. The number of thioether (sulfide) groups is 1. The number of hydrogen-bond donors (Lipinski definition) is 2. The summed E-state index contributed by atoms with van der Waals surface area (Å²) >= 11 is 1.61. The molecule has 17 heavy (non-hydrogen) atoms. The summed E-state index contributed by atoms with van der Waals surface area (Å²) in [5, 5.41) is 0.391. The van der Waals surface area contributed by atoms with Crippen molar-refractivity contribution in [2.24, 2.45) is 5.84 Å². The first-order valence-corrected chi connectivity index (χ1v) is 6.54. The normalized spacial score (nSPS) is 13.1. The predicted molar refractivity (Wildman–Crippen MR) is 68.8 cm³/mol. The second kappa shape index (κ2) is 6.33. The number of aryl methyl sites for hydroxylation is 1. The molecule has 0 heterocycles. The first-order chi connectivity index (χ1) is 7.97. The summed E-state index contributed by atoms with van der Waals surface area (Å²) < 4.78 is 27.5. The van der Waals surface area contributed by atoms with Crippen LogP contribution in [0, 0.1) is 18.6 Å². The third kappa shape index (κ3) is 3.66. The molecular formula is C12H18F2N2S. The second-order valence-electron chi connectivity index (χ2n) is 4.19. The molecule has 5 heteroatoms. The number of nitrogens with one attached hydrogen (secondary N) is 1. The van der Waals surface area contributed by atoms with Gasteiger partial charge in [-0.05, 0) is 23.8 Å². The molecule has 0 aromatic heterocycles. The standard InChI is InChI=1S/C12H18F2N2S/c1-7(2)17-6-10(16-15)11-9(13)5-4-8(3)12(11)14/h4-5,7,10,16H,6,15H2,1-3H3. The van der Waals surface area contributed by atoms with E-state index in [1.54, 1.807) is 18.7 Å². The maximum Gasteiger partial charge on any atom is 0.133 e. The Kier molecular flexibility index (Phi) is 5.36. The van der Waals surface area contributed by atoms with Crippen molar-refractivity contribution in [2.45, 2.75) is 32.1 Å². The lowest BCUT2D eigenvalue weighted by atomic mass is 10.0. The Morgan fingerprint density at radius 3 is 2.53 bits per heavy atom. The van der Waals surface area contributed by atoms with Crippen LogP contribution in [-0.4, -0.2) is 11.0 Å². The highest BCUT2D eigenvalue weighted by Crippen LogP contribution is 2.26. The van der Waals surface area contributed by atoms with Gasteiger partial charge >= 0.3 is 0 Å². The van der Waals surface area contributed by atoms with Crippen molar-refractivity contribution in [1.82, 2.24) is 5.43 Å². The smallest absolute Gasteiger partial charge is 0.133 e. The largest absolute Gasteiger partial charge is 0.271 e. The fourth-order valence-corrected chi connectivity index (χ4v) is 2.34. The van der Waals surface area contributed by atoms with Crippen LogP contribution in [-0.2, 0) is 0 Å². The lowest BCUT2D eigenvalue weighted by Gasteiger charge is -2.19. The van der Waals surface area contributed by atoms with Crippen molar-refractivity contribution in [3.8, 4) is 0 Å². The number of benzene rings is 1. The number of hydrazine groups is 1. The first-order valence-electron chi connectivity index (χ1n) is 5.49. The van der Waals surface area contributed by atoms with Crippen molar-refractivity contribution in [1.29, 1.82) is 0 Å². The zero-order valence-electron chi connectivity index (χ0n) is 10.3. The van der Waals surface area contributed by atoms with Crippen molar-refractivity contribution < 1.29 is 8.78 Å². The van der Waals surface area contributed by atoms with Gasteiger partial charge in [0, 0.05) is 11.3 Å². The summed E-state index contributed by atoms with van der Waals surface area (Å²) in [6.07, 6.45) is 0. The Bertz CT molecular complexity index is 383. The zero-order valence-corrected chi connectivity index (χ0v) is 11.1. The molecule has 0 fully saturated rings. The van der Waals surface area contributed by atoms with E-state index in [0.29, 0.717) is 16.6 Å². The summed E-state index contributed by atoms with van der Waals surface area (Å²) in [6.45, 7) is 5.67. The minimum Gasteiger partial charge on any atom is -0.271 e. The van der Waals surface area contributed by atoms with Crippen LogP contribution >= 0.6 is 11.8 Å². The summed E-state index contributed by atoms with van der Waals surface area (Å²) in [5.74, 6) is 4.84. The van der Waals surface area contributed by atoms with Gasteiger partial charge in [0.05, 0.1) is 6.04 Å². The monoisotopic (exact) mass is 260 g/mol. The Morgan fingerprint density at radius 2 is 2.00 bits per heavy atom. The molecule has 1 unspecified atom stereocenters. The second-order valence-corrected chi connectivity index (χ2v) is 5.80. The highest BCUT2D eigenvalue weighted by atomic mass is 32.2. The fourth-order valence-electron chi connectivity index (χ4n) is 1.50. The van der Waals surface area contributed by atoms with Crippen LogP contribution < -0.4 is 11.3 Å². The number of halogens is 2. The molecule has 0 amide bonds. The minimum atomic E-state index is -0.555. The molecule has 0 saturated carbocycles. The Hall–Kier alpha value is -0.650. The molecule has 0 bridgehead atoms. The molecule has 0 saturated heterocycles. The van der Waals surface area contributed by atoms with Gasteiger partial charge in [-0.25, -0.2) is 8.78 Å². The van der Waals surface area contributed by atoms with Gasteiger partial charge in [0.2, 0.25) is 0 Å². The lowest BCUT2D eigenvalue weighted by molar-refractivity contribution is 0.496. The Morgan fingerprint density at radius 1 is 1.35 bits per heavy atom. The maximum atomic E-state index is 13.9. The Labute approximate surface area is 105 Å². The van der Waals surface area contributed by atoms with Gasteiger partial charge < -0.3 is 0 Å². The SMILES string of the molecule is Cc1ccc(F)c(C(CSC(C)C)NN)c1F. The van der Waals surface area contributed by atoms with Crippen LogP contribution in [0.1, 0.15) is 31.0 Å². The summed E-state index contributed by atoms with van der Waals surface area (Å²) in [6, 6.07) is 2.19.